The Morgan fingerprint density at radius 1 is 1.30 bits per heavy atom. The lowest BCUT2D eigenvalue weighted by Gasteiger charge is -2.12. The highest BCUT2D eigenvalue weighted by Crippen LogP contribution is 2.19. The minimum absolute atomic E-state index is 0.0885. The zero-order valence-corrected chi connectivity index (χ0v) is 12.9. The van der Waals surface area contributed by atoms with Crippen LogP contribution in [0.1, 0.15) is 31.0 Å². The Balaban J connectivity index is 1.81. The normalized spacial score (nSPS) is 10.8. The number of aromatic nitrogens is 3. The molecule has 2 aromatic rings. The van der Waals surface area contributed by atoms with Crippen LogP contribution in [0.2, 0.25) is 0 Å². The average Bonchev–Trinajstić information content (AvgIpc) is 2.81. The monoisotopic (exact) mass is 292 g/mol. The molecule has 0 aliphatic heterocycles. The second-order valence-corrected chi connectivity index (χ2v) is 5.73. The van der Waals surface area contributed by atoms with Crippen LogP contribution in [0.25, 0.3) is 0 Å². The molecule has 0 radical (unpaired) electrons. The molecule has 108 valence electrons. The van der Waals surface area contributed by atoms with E-state index in [2.05, 4.69) is 25.6 Å². The van der Waals surface area contributed by atoms with Crippen molar-refractivity contribution < 1.29 is 4.74 Å². The Morgan fingerprint density at radius 3 is 2.80 bits per heavy atom. The van der Waals surface area contributed by atoms with E-state index in [1.165, 1.54) is 5.01 Å². The van der Waals surface area contributed by atoms with Crippen LogP contribution in [0.3, 0.4) is 0 Å². The van der Waals surface area contributed by atoms with Crippen molar-refractivity contribution >= 4 is 17.2 Å². The lowest BCUT2D eigenvalue weighted by atomic mass is 10.3. The molecule has 5 nitrogen and oxygen atoms in total. The fourth-order valence-corrected chi connectivity index (χ4v) is 2.54. The third kappa shape index (κ3) is 4.45. The van der Waals surface area contributed by atoms with Crippen molar-refractivity contribution in [2.24, 2.45) is 0 Å². The molecule has 0 amide bonds. The molecule has 0 bridgehead atoms. The second kappa shape index (κ2) is 7.19. The predicted octanol–water partition coefficient (Wildman–Crippen LogP) is 3.07. The molecule has 2 aromatic heterocycles. The quantitative estimate of drug-likeness (QED) is 0.795. The Hall–Kier alpha value is -1.69. The number of thiazole rings is 1. The number of hydrogen-bond acceptors (Lipinski definition) is 6. The van der Waals surface area contributed by atoms with Gasteiger partial charge in [0.1, 0.15) is 0 Å². The minimum atomic E-state index is 0.0885. The molecule has 0 aliphatic rings. The van der Waals surface area contributed by atoms with Crippen molar-refractivity contribution in [1.82, 2.24) is 15.0 Å². The maximum Gasteiger partial charge on any atom is 0.257 e. The highest BCUT2D eigenvalue weighted by atomic mass is 32.1. The van der Waals surface area contributed by atoms with Crippen molar-refractivity contribution in [2.45, 2.75) is 39.7 Å². The lowest BCUT2D eigenvalue weighted by molar-refractivity contribution is 0.233. The molecular weight excluding hydrogens is 272 g/mol. The molecule has 6 heteroatoms. The van der Waals surface area contributed by atoms with Crippen LogP contribution in [0.15, 0.2) is 17.8 Å². The Bertz CT molecular complexity index is 541. The van der Waals surface area contributed by atoms with Crippen LogP contribution in [0.4, 0.5) is 5.82 Å². The number of ether oxygens (including phenoxy) is 1. The lowest BCUT2D eigenvalue weighted by Crippen LogP contribution is -2.12. The number of anilines is 1. The summed E-state index contributed by atoms with van der Waals surface area (Å²) >= 11 is 1.72. The molecule has 2 rings (SSSR count). The summed E-state index contributed by atoms with van der Waals surface area (Å²) in [6, 6.07) is 0. The smallest absolute Gasteiger partial charge is 0.257 e. The molecule has 0 saturated carbocycles. The first kappa shape index (κ1) is 14.7. The van der Waals surface area contributed by atoms with Gasteiger partial charge in [0.05, 0.1) is 11.1 Å². The van der Waals surface area contributed by atoms with E-state index in [1.54, 1.807) is 23.7 Å². The van der Waals surface area contributed by atoms with Crippen LogP contribution in [-0.2, 0) is 6.42 Å². The van der Waals surface area contributed by atoms with Gasteiger partial charge in [0, 0.05) is 36.4 Å². The van der Waals surface area contributed by atoms with Gasteiger partial charge in [-0.1, -0.05) is 0 Å². The second-order valence-electron chi connectivity index (χ2n) is 4.79. The third-order valence-electron chi connectivity index (χ3n) is 2.54. The van der Waals surface area contributed by atoms with E-state index >= 15 is 0 Å². The first-order valence-corrected chi connectivity index (χ1v) is 7.65. The third-order valence-corrected chi connectivity index (χ3v) is 3.56. The highest BCUT2D eigenvalue weighted by molar-refractivity contribution is 7.09. The average molecular weight is 292 g/mol. The molecular formula is C14H20N4OS. The van der Waals surface area contributed by atoms with Crippen molar-refractivity contribution in [3.05, 3.63) is 28.5 Å². The zero-order valence-electron chi connectivity index (χ0n) is 12.1. The van der Waals surface area contributed by atoms with Crippen LogP contribution in [0, 0.1) is 6.92 Å². The standard InChI is InChI=1S/C14H20N4OS/c1-10(2)19-14-13(16-7-8-17-14)15-6-4-5-12-18-11(3)9-20-12/h7-10H,4-6H2,1-3H3,(H,15,16). The van der Waals surface area contributed by atoms with E-state index in [4.69, 9.17) is 4.74 Å². The SMILES string of the molecule is Cc1csc(CCCNc2nccnc2OC(C)C)n1. The van der Waals surface area contributed by atoms with Crippen molar-refractivity contribution in [2.75, 3.05) is 11.9 Å². The fraction of sp³-hybridized carbons (Fsp3) is 0.500. The molecule has 0 aromatic carbocycles. The van der Waals surface area contributed by atoms with Crippen molar-refractivity contribution in [3.63, 3.8) is 0 Å². The first-order valence-electron chi connectivity index (χ1n) is 6.77. The number of aryl methyl sites for hydroxylation is 2. The number of rotatable bonds is 7. The summed E-state index contributed by atoms with van der Waals surface area (Å²) < 4.78 is 5.62. The van der Waals surface area contributed by atoms with Crippen molar-refractivity contribution in [3.8, 4) is 5.88 Å². The number of nitrogens with one attached hydrogen (secondary N) is 1. The van der Waals surface area contributed by atoms with Gasteiger partial charge in [0.15, 0.2) is 5.82 Å². The van der Waals surface area contributed by atoms with Gasteiger partial charge in [-0.25, -0.2) is 15.0 Å². The van der Waals surface area contributed by atoms with E-state index in [-0.39, 0.29) is 6.10 Å². The summed E-state index contributed by atoms with van der Waals surface area (Å²) in [5.74, 6) is 1.27. The summed E-state index contributed by atoms with van der Waals surface area (Å²) in [7, 11) is 0. The largest absolute Gasteiger partial charge is 0.472 e. The summed E-state index contributed by atoms with van der Waals surface area (Å²) in [5.41, 5.74) is 1.10. The van der Waals surface area contributed by atoms with Gasteiger partial charge >= 0.3 is 0 Å². The summed E-state index contributed by atoms with van der Waals surface area (Å²) in [5, 5.41) is 6.54. The van der Waals surface area contributed by atoms with Gasteiger partial charge in [-0.15, -0.1) is 11.3 Å². The summed E-state index contributed by atoms with van der Waals surface area (Å²) in [6.07, 6.45) is 5.38. The molecule has 20 heavy (non-hydrogen) atoms. The van der Waals surface area contributed by atoms with E-state index in [1.807, 2.05) is 20.8 Å². The molecule has 1 N–H and O–H groups in total. The first-order chi connectivity index (χ1) is 9.65. The summed E-state index contributed by atoms with van der Waals surface area (Å²) in [6.45, 7) is 6.80. The van der Waals surface area contributed by atoms with E-state index in [9.17, 15) is 0 Å². The Kier molecular flexibility index (Phi) is 5.29. The van der Waals surface area contributed by atoms with Gasteiger partial charge in [0.2, 0.25) is 0 Å². The molecule has 0 fully saturated rings. The maximum atomic E-state index is 5.62. The Labute approximate surface area is 123 Å². The van der Waals surface area contributed by atoms with Gasteiger partial charge in [0.25, 0.3) is 5.88 Å². The molecule has 0 unspecified atom stereocenters. The van der Waals surface area contributed by atoms with Gasteiger partial charge < -0.3 is 10.1 Å². The predicted molar refractivity (Wildman–Crippen MR) is 81.5 cm³/mol. The molecule has 0 atom stereocenters. The number of nitrogens with zero attached hydrogens (tertiary/aromatic N) is 3. The molecule has 0 saturated heterocycles. The van der Waals surface area contributed by atoms with E-state index in [0.29, 0.717) is 11.7 Å². The van der Waals surface area contributed by atoms with Gasteiger partial charge in [-0.2, -0.15) is 0 Å². The molecule has 0 aliphatic carbocycles. The molecule has 2 heterocycles. The highest BCUT2D eigenvalue weighted by Gasteiger charge is 2.07. The number of hydrogen-bond donors (Lipinski definition) is 1. The van der Waals surface area contributed by atoms with Crippen LogP contribution in [-0.4, -0.2) is 27.6 Å². The molecule has 0 spiro atoms. The Morgan fingerprint density at radius 2 is 2.10 bits per heavy atom. The van der Waals surface area contributed by atoms with Crippen LogP contribution >= 0.6 is 11.3 Å². The van der Waals surface area contributed by atoms with Crippen molar-refractivity contribution in [1.29, 1.82) is 0 Å². The fourth-order valence-electron chi connectivity index (χ4n) is 1.72. The van der Waals surface area contributed by atoms with E-state index < -0.39 is 0 Å². The topological polar surface area (TPSA) is 59.9 Å². The van der Waals surface area contributed by atoms with Gasteiger partial charge in [-0.05, 0) is 27.2 Å². The van der Waals surface area contributed by atoms with Crippen LogP contribution in [0.5, 0.6) is 5.88 Å². The zero-order chi connectivity index (χ0) is 14.4. The van der Waals surface area contributed by atoms with Crippen LogP contribution < -0.4 is 10.1 Å². The van der Waals surface area contributed by atoms with E-state index in [0.717, 1.165) is 25.1 Å². The maximum absolute atomic E-state index is 5.62. The summed E-state index contributed by atoms with van der Waals surface area (Å²) in [4.78, 5) is 12.9. The van der Waals surface area contributed by atoms with Gasteiger partial charge in [-0.3, -0.25) is 0 Å². The minimum Gasteiger partial charge on any atom is -0.472 e.